The molecule has 1 atom stereocenters. The van der Waals surface area contributed by atoms with Crippen LogP contribution >= 0.6 is 0 Å². The fourth-order valence-electron chi connectivity index (χ4n) is 3.86. The Morgan fingerprint density at radius 2 is 2.21 bits per heavy atom. The van der Waals surface area contributed by atoms with Crippen molar-refractivity contribution >= 4 is 28.3 Å². The predicted molar refractivity (Wildman–Crippen MR) is 106 cm³/mol. The molecule has 3 aromatic heterocycles. The fourth-order valence-corrected chi connectivity index (χ4v) is 3.86. The third-order valence-electron chi connectivity index (χ3n) is 5.32. The lowest BCUT2D eigenvalue weighted by atomic mass is 10.1. The second-order valence-corrected chi connectivity index (χ2v) is 7.25. The molecule has 0 spiro atoms. The van der Waals surface area contributed by atoms with Crippen LogP contribution < -0.4 is 10.6 Å². The van der Waals surface area contributed by atoms with Crippen molar-refractivity contribution in [2.45, 2.75) is 25.8 Å². The molecule has 28 heavy (non-hydrogen) atoms. The molecule has 0 bridgehead atoms. The number of carbonyl (C=O) groups excluding carboxylic acids is 1. The third-order valence-corrected chi connectivity index (χ3v) is 5.32. The maximum absolute atomic E-state index is 12.7. The summed E-state index contributed by atoms with van der Waals surface area (Å²) in [5, 5.41) is 11.8. The van der Waals surface area contributed by atoms with E-state index >= 15 is 0 Å². The first-order chi connectivity index (χ1) is 13.6. The highest BCUT2D eigenvalue weighted by Gasteiger charge is 2.19. The van der Waals surface area contributed by atoms with Crippen LogP contribution in [-0.2, 0) is 7.05 Å². The van der Waals surface area contributed by atoms with Crippen LogP contribution in [0.5, 0.6) is 0 Å². The summed E-state index contributed by atoms with van der Waals surface area (Å²) in [6.45, 7) is 2.99. The van der Waals surface area contributed by atoms with Crippen molar-refractivity contribution in [3.8, 4) is 0 Å². The fraction of sp³-hybridized carbons (Fsp3) is 0.300. The molecule has 0 unspecified atom stereocenters. The van der Waals surface area contributed by atoms with E-state index in [4.69, 9.17) is 0 Å². The Hall–Kier alpha value is -3.26. The monoisotopic (exact) mass is 375 g/mol. The summed E-state index contributed by atoms with van der Waals surface area (Å²) in [4.78, 5) is 21.7. The maximum atomic E-state index is 12.7. The van der Waals surface area contributed by atoms with Crippen molar-refractivity contribution < 1.29 is 4.79 Å². The van der Waals surface area contributed by atoms with Gasteiger partial charge >= 0.3 is 0 Å². The van der Waals surface area contributed by atoms with Crippen molar-refractivity contribution in [2.24, 2.45) is 7.05 Å². The van der Waals surface area contributed by atoms with Crippen LogP contribution in [0.1, 0.15) is 40.6 Å². The van der Waals surface area contributed by atoms with Crippen LogP contribution in [0.3, 0.4) is 0 Å². The van der Waals surface area contributed by atoms with Gasteiger partial charge in [-0.3, -0.25) is 9.48 Å². The minimum absolute atomic E-state index is 0.203. The molecule has 1 amide bonds. The molecule has 0 aliphatic carbocycles. The quantitative estimate of drug-likeness (QED) is 0.575. The van der Waals surface area contributed by atoms with E-state index in [1.807, 2.05) is 42.8 Å². The SMILES string of the molecule is Cc1nn(C)c2cc(C(=O)Nc3cn4cc([C@H]5CCCN5)nc4cn3)ccc12. The number of aromatic nitrogens is 5. The average molecular weight is 375 g/mol. The topological polar surface area (TPSA) is 89.1 Å². The van der Waals surface area contributed by atoms with E-state index in [9.17, 15) is 4.79 Å². The van der Waals surface area contributed by atoms with Gasteiger partial charge in [0.1, 0.15) is 5.82 Å². The zero-order valence-electron chi connectivity index (χ0n) is 15.8. The van der Waals surface area contributed by atoms with E-state index < -0.39 is 0 Å². The van der Waals surface area contributed by atoms with Gasteiger partial charge in [-0.2, -0.15) is 5.10 Å². The molecule has 0 saturated carbocycles. The number of benzene rings is 1. The van der Waals surface area contributed by atoms with Gasteiger partial charge in [0, 0.05) is 24.2 Å². The zero-order valence-corrected chi connectivity index (χ0v) is 15.8. The van der Waals surface area contributed by atoms with Crippen molar-refractivity contribution in [1.29, 1.82) is 0 Å². The molecule has 2 N–H and O–H groups in total. The summed E-state index contributed by atoms with van der Waals surface area (Å²) in [6.07, 6.45) is 7.74. The maximum Gasteiger partial charge on any atom is 0.256 e. The Bertz CT molecular complexity index is 1200. The molecular formula is C20H21N7O. The van der Waals surface area contributed by atoms with Gasteiger partial charge in [0.2, 0.25) is 0 Å². The van der Waals surface area contributed by atoms with Crippen LogP contribution in [0.25, 0.3) is 16.6 Å². The average Bonchev–Trinajstić information content (AvgIpc) is 3.41. The molecule has 1 fully saturated rings. The number of nitrogens with zero attached hydrogens (tertiary/aromatic N) is 5. The smallest absolute Gasteiger partial charge is 0.256 e. The van der Waals surface area contributed by atoms with Gasteiger partial charge in [-0.25, -0.2) is 9.97 Å². The second kappa shape index (κ2) is 6.42. The Kier molecular flexibility index (Phi) is 3.87. The summed E-state index contributed by atoms with van der Waals surface area (Å²) in [5.74, 6) is 0.285. The number of imidazole rings is 1. The van der Waals surface area contributed by atoms with E-state index in [-0.39, 0.29) is 5.91 Å². The molecular weight excluding hydrogens is 354 g/mol. The summed E-state index contributed by atoms with van der Waals surface area (Å²) >= 11 is 0. The Morgan fingerprint density at radius 3 is 3.04 bits per heavy atom. The predicted octanol–water partition coefficient (Wildman–Crippen LogP) is 2.60. The first-order valence-electron chi connectivity index (χ1n) is 9.41. The van der Waals surface area contributed by atoms with Gasteiger partial charge in [0.05, 0.1) is 35.3 Å². The summed E-state index contributed by atoms with van der Waals surface area (Å²) in [6, 6.07) is 5.89. The molecule has 8 nitrogen and oxygen atoms in total. The molecule has 5 rings (SSSR count). The number of amides is 1. The molecule has 1 aliphatic rings. The normalized spacial score (nSPS) is 16.9. The summed E-state index contributed by atoms with van der Waals surface area (Å²) in [7, 11) is 1.88. The highest BCUT2D eigenvalue weighted by Crippen LogP contribution is 2.23. The number of rotatable bonds is 3. The van der Waals surface area contributed by atoms with Crippen molar-refractivity contribution in [1.82, 2.24) is 29.5 Å². The molecule has 142 valence electrons. The zero-order chi connectivity index (χ0) is 19.3. The molecule has 8 heteroatoms. The van der Waals surface area contributed by atoms with Gasteiger partial charge in [-0.05, 0) is 38.4 Å². The van der Waals surface area contributed by atoms with Crippen LogP contribution in [-0.4, -0.2) is 36.6 Å². The number of aryl methyl sites for hydroxylation is 2. The third kappa shape index (κ3) is 2.82. The highest BCUT2D eigenvalue weighted by atomic mass is 16.1. The molecule has 1 aliphatic heterocycles. The summed E-state index contributed by atoms with van der Waals surface area (Å²) in [5.41, 5.74) is 4.23. The van der Waals surface area contributed by atoms with E-state index in [2.05, 4.69) is 25.7 Å². The minimum Gasteiger partial charge on any atom is -0.309 e. The van der Waals surface area contributed by atoms with Crippen LogP contribution in [0.15, 0.2) is 36.8 Å². The lowest BCUT2D eigenvalue weighted by Gasteiger charge is -2.05. The first kappa shape index (κ1) is 16.9. The number of anilines is 1. The lowest BCUT2D eigenvalue weighted by molar-refractivity contribution is 0.102. The number of carbonyl (C=O) groups is 1. The van der Waals surface area contributed by atoms with Gasteiger partial charge in [0.25, 0.3) is 5.91 Å². The van der Waals surface area contributed by atoms with E-state index in [0.717, 1.165) is 40.9 Å². The van der Waals surface area contributed by atoms with E-state index in [1.54, 1.807) is 17.1 Å². The van der Waals surface area contributed by atoms with E-state index in [0.29, 0.717) is 17.4 Å². The Labute approximate surface area is 161 Å². The first-order valence-corrected chi connectivity index (χ1v) is 9.41. The summed E-state index contributed by atoms with van der Waals surface area (Å²) < 4.78 is 3.70. The van der Waals surface area contributed by atoms with Crippen LogP contribution in [0.2, 0.25) is 0 Å². The molecule has 4 aromatic rings. The van der Waals surface area contributed by atoms with Gasteiger partial charge in [0.15, 0.2) is 5.65 Å². The lowest BCUT2D eigenvalue weighted by Crippen LogP contribution is -2.13. The Morgan fingerprint density at radius 1 is 1.32 bits per heavy atom. The minimum atomic E-state index is -0.203. The molecule has 1 aromatic carbocycles. The largest absolute Gasteiger partial charge is 0.309 e. The molecule has 0 radical (unpaired) electrons. The van der Waals surface area contributed by atoms with Crippen molar-refractivity contribution in [3.63, 3.8) is 0 Å². The number of hydrogen-bond acceptors (Lipinski definition) is 5. The van der Waals surface area contributed by atoms with Crippen molar-refractivity contribution in [2.75, 3.05) is 11.9 Å². The van der Waals surface area contributed by atoms with Gasteiger partial charge in [-0.15, -0.1) is 0 Å². The number of hydrogen-bond donors (Lipinski definition) is 2. The van der Waals surface area contributed by atoms with Crippen LogP contribution in [0, 0.1) is 6.92 Å². The highest BCUT2D eigenvalue weighted by molar-refractivity contribution is 6.05. The molecule has 4 heterocycles. The van der Waals surface area contributed by atoms with E-state index in [1.165, 1.54) is 6.42 Å². The van der Waals surface area contributed by atoms with Gasteiger partial charge < -0.3 is 15.0 Å². The number of nitrogens with one attached hydrogen (secondary N) is 2. The molecule has 1 saturated heterocycles. The van der Waals surface area contributed by atoms with Crippen molar-refractivity contribution in [3.05, 3.63) is 53.7 Å². The standard InChI is InChI=1S/C20H21N7O/c1-12-14-6-5-13(8-17(14)26(2)25-12)20(28)24-18-11-27-10-16(15-4-3-7-21-15)23-19(27)9-22-18/h5-6,8-11,15,21H,3-4,7H2,1-2H3,(H,24,28)/t15-/m1/s1. The Balaban J connectivity index is 1.41. The van der Waals surface area contributed by atoms with Crippen LogP contribution in [0.4, 0.5) is 5.82 Å². The number of fused-ring (bicyclic) bond motifs is 2. The van der Waals surface area contributed by atoms with Gasteiger partial charge in [-0.1, -0.05) is 6.07 Å². The second-order valence-electron chi connectivity index (χ2n) is 7.25.